The van der Waals surface area contributed by atoms with E-state index >= 15 is 0 Å². The van der Waals surface area contributed by atoms with Gasteiger partial charge in [-0.25, -0.2) is 0 Å². The summed E-state index contributed by atoms with van der Waals surface area (Å²) in [6.07, 6.45) is 1.76. The van der Waals surface area contributed by atoms with Crippen LogP contribution in [0.25, 0.3) is 0 Å². The molecule has 0 radical (unpaired) electrons. The topological polar surface area (TPSA) is 29.1 Å². The standard InChI is InChI=1S/C4H7NO.2ClH.Fe/c6-4-2-1-3-5-4;;;/h1-3H2,(H,5,6);2*1H;/q;;;+2/p-2. The molecule has 0 spiro atoms. The van der Waals surface area contributed by atoms with E-state index < -0.39 is 0 Å². The van der Waals surface area contributed by atoms with Crippen molar-refractivity contribution in [2.75, 3.05) is 6.54 Å². The molecule has 1 aliphatic heterocycles. The Hall–Kier alpha value is 0.569. The Bertz CT molecular complexity index is 73.0. The molecule has 56 valence electrons. The molecule has 1 rings (SSSR count). The van der Waals surface area contributed by atoms with Gasteiger partial charge in [0, 0.05) is 13.0 Å². The van der Waals surface area contributed by atoms with Crippen molar-refractivity contribution in [2.24, 2.45) is 0 Å². The van der Waals surface area contributed by atoms with Crippen LogP contribution in [0.1, 0.15) is 12.8 Å². The van der Waals surface area contributed by atoms with Gasteiger partial charge >= 0.3 is 17.1 Å². The van der Waals surface area contributed by atoms with Crippen molar-refractivity contribution in [3.05, 3.63) is 0 Å². The molecule has 2 nitrogen and oxygen atoms in total. The molecule has 5 heteroatoms. The zero-order valence-electron chi connectivity index (χ0n) is 4.64. The van der Waals surface area contributed by atoms with Crippen LogP contribution in [0, 0.1) is 0 Å². The van der Waals surface area contributed by atoms with E-state index in [1.807, 2.05) is 0 Å². The first kappa shape index (κ1) is 16.3. The van der Waals surface area contributed by atoms with E-state index in [1.165, 1.54) is 0 Å². The van der Waals surface area contributed by atoms with Gasteiger partial charge in [-0.05, 0) is 6.42 Å². The Balaban J connectivity index is -0.000000120. The molecule has 1 heterocycles. The van der Waals surface area contributed by atoms with Gasteiger partial charge in [0.25, 0.3) is 0 Å². The summed E-state index contributed by atoms with van der Waals surface area (Å²) in [5.41, 5.74) is 0. The van der Waals surface area contributed by atoms with Crippen molar-refractivity contribution < 1.29 is 46.7 Å². The van der Waals surface area contributed by atoms with Crippen LogP contribution in [0.3, 0.4) is 0 Å². The van der Waals surface area contributed by atoms with Gasteiger partial charge in [0.1, 0.15) is 0 Å². The van der Waals surface area contributed by atoms with Gasteiger partial charge in [0.15, 0.2) is 0 Å². The molecule has 9 heavy (non-hydrogen) atoms. The van der Waals surface area contributed by atoms with Gasteiger partial charge in [-0.2, -0.15) is 0 Å². The molecule has 1 saturated heterocycles. The maximum absolute atomic E-state index is 10.1. The van der Waals surface area contributed by atoms with E-state index in [2.05, 4.69) is 5.32 Å². The maximum Gasteiger partial charge on any atom is 2.00 e. The minimum atomic E-state index is 0. The van der Waals surface area contributed by atoms with Crippen molar-refractivity contribution in [2.45, 2.75) is 12.8 Å². The fourth-order valence-corrected chi connectivity index (χ4v) is 0.565. The van der Waals surface area contributed by atoms with Crippen molar-refractivity contribution in [3.8, 4) is 0 Å². The second-order valence-corrected chi connectivity index (χ2v) is 1.45. The number of amides is 1. The van der Waals surface area contributed by atoms with E-state index in [4.69, 9.17) is 0 Å². The summed E-state index contributed by atoms with van der Waals surface area (Å²) in [6, 6.07) is 0. The van der Waals surface area contributed by atoms with Crippen LogP contribution >= 0.6 is 0 Å². The summed E-state index contributed by atoms with van der Waals surface area (Å²) in [7, 11) is 0. The average molecular weight is 212 g/mol. The summed E-state index contributed by atoms with van der Waals surface area (Å²) in [4.78, 5) is 10.1. The summed E-state index contributed by atoms with van der Waals surface area (Å²) >= 11 is 0. The van der Waals surface area contributed by atoms with Gasteiger partial charge in [-0.15, -0.1) is 0 Å². The Labute approximate surface area is 77.4 Å². The normalized spacial score (nSPS) is 14.0. The van der Waals surface area contributed by atoms with Crippen molar-refractivity contribution in [1.82, 2.24) is 5.32 Å². The van der Waals surface area contributed by atoms with Gasteiger partial charge < -0.3 is 30.1 Å². The SMILES string of the molecule is O=C1CCCN1.[Cl-].[Cl-].[Fe+2]. The van der Waals surface area contributed by atoms with Crippen LogP contribution in [-0.4, -0.2) is 12.5 Å². The molecule has 0 aromatic carbocycles. The molecule has 0 atom stereocenters. The molecule has 0 saturated carbocycles. The molecular formula is C4H7Cl2FeNO. The molecule has 1 amide bonds. The third-order valence-corrected chi connectivity index (χ3v) is 0.903. The van der Waals surface area contributed by atoms with Crippen LogP contribution in [0.2, 0.25) is 0 Å². The number of halogens is 2. The molecule has 0 aromatic rings. The van der Waals surface area contributed by atoms with Crippen molar-refractivity contribution in [3.63, 3.8) is 0 Å². The summed E-state index contributed by atoms with van der Waals surface area (Å²) in [5, 5.41) is 2.68. The first-order valence-corrected chi connectivity index (χ1v) is 2.16. The predicted molar refractivity (Wildman–Crippen MR) is 22.2 cm³/mol. The summed E-state index contributed by atoms with van der Waals surface area (Å²) in [5.74, 6) is 0.204. The number of carbonyl (C=O) groups is 1. The number of nitrogens with one attached hydrogen (secondary N) is 1. The second-order valence-electron chi connectivity index (χ2n) is 1.45. The fraction of sp³-hybridized carbons (Fsp3) is 0.750. The van der Waals surface area contributed by atoms with Crippen LogP contribution < -0.4 is 30.1 Å². The Morgan fingerprint density at radius 2 is 1.89 bits per heavy atom. The minimum absolute atomic E-state index is 0. The van der Waals surface area contributed by atoms with Gasteiger partial charge in [0.05, 0.1) is 0 Å². The summed E-state index contributed by atoms with van der Waals surface area (Å²) in [6.45, 7) is 0.888. The smallest absolute Gasteiger partial charge is 1.00 e. The van der Waals surface area contributed by atoms with E-state index in [1.54, 1.807) is 0 Å². The third kappa shape index (κ3) is 6.45. The quantitative estimate of drug-likeness (QED) is 0.398. The van der Waals surface area contributed by atoms with Crippen molar-refractivity contribution >= 4 is 5.91 Å². The van der Waals surface area contributed by atoms with Gasteiger partial charge in [-0.1, -0.05) is 0 Å². The largest absolute Gasteiger partial charge is 2.00 e. The molecule has 1 N–H and O–H groups in total. The molecule has 0 unspecified atom stereocenters. The first-order valence-electron chi connectivity index (χ1n) is 2.16. The molecule has 1 fully saturated rings. The maximum atomic E-state index is 10.1. The van der Waals surface area contributed by atoms with E-state index in [0.29, 0.717) is 0 Å². The van der Waals surface area contributed by atoms with E-state index in [0.717, 1.165) is 19.4 Å². The van der Waals surface area contributed by atoms with Crippen LogP contribution in [0.5, 0.6) is 0 Å². The van der Waals surface area contributed by atoms with Gasteiger partial charge in [-0.3, -0.25) is 4.79 Å². The molecule has 1 aliphatic rings. The fourth-order valence-electron chi connectivity index (χ4n) is 0.565. The molecule has 0 aromatic heterocycles. The van der Waals surface area contributed by atoms with E-state index in [-0.39, 0.29) is 47.8 Å². The third-order valence-electron chi connectivity index (χ3n) is 0.903. The van der Waals surface area contributed by atoms with E-state index in [9.17, 15) is 4.79 Å². The molecular weight excluding hydrogens is 205 g/mol. The second kappa shape index (κ2) is 8.57. The van der Waals surface area contributed by atoms with Crippen molar-refractivity contribution in [1.29, 1.82) is 0 Å². The van der Waals surface area contributed by atoms with Crippen LogP contribution in [0.15, 0.2) is 0 Å². The number of carbonyl (C=O) groups excluding carboxylic acids is 1. The number of hydrogen-bond donors (Lipinski definition) is 1. The predicted octanol–water partition coefficient (Wildman–Crippen LogP) is -6.10. The number of rotatable bonds is 0. The zero-order valence-corrected chi connectivity index (χ0v) is 7.26. The summed E-state index contributed by atoms with van der Waals surface area (Å²) < 4.78 is 0. The Kier molecular flexibility index (Phi) is 15.5. The Morgan fingerprint density at radius 3 is 2.00 bits per heavy atom. The monoisotopic (exact) mass is 211 g/mol. The number of hydrogen-bond acceptors (Lipinski definition) is 1. The van der Waals surface area contributed by atoms with Crippen LogP contribution in [-0.2, 0) is 21.9 Å². The molecule has 0 aliphatic carbocycles. The van der Waals surface area contributed by atoms with Gasteiger partial charge in [0.2, 0.25) is 5.91 Å². The minimum Gasteiger partial charge on any atom is -1.00 e. The Morgan fingerprint density at radius 1 is 1.33 bits per heavy atom. The molecule has 0 bridgehead atoms. The first-order chi connectivity index (χ1) is 2.89. The van der Waals surface area contributed by atoms with Crippen LogP contribution in [0.4, 0.5) is 0 Å². The average Bonchev–Trinajstić information content (AvgIpc) is 1.86. The zero-order chi connectivity index (χ0) is 4.41.